The van der Waals surface area contributed by atoms with Crippen LogP contribution in [0.15, 0.2) is 24.3 Å². The molecule has 0 amide bonds. The molecule has 7 nitrogen and oxygen atoms in total. The lowest BCUT2D eigenvalue weighted by Gasteiger charge is -2.10. The van der Waals surface area contributed by atoms with Crippen molar-refractivity contribution in [2.75, 3.05) is 19.0 Å². The number of unbranched alkanes of at least 4 members (excludes halogenated alkanes) is 17. The number of hydrogen-bond acceptors (Lipinski definition) is 6. The van der Waals surface area contributed by atoms with E-state index in [2.05, 4.69) is 6.92 Å². The average Bonchev–Trinajstić information content (AvgIpc) is 2.91. The minimum absolute atomic E-state index is 0.0312. The average molecular weight is 569 g/mol. The highest BCUT2D eigenvalue weighted by Gasteiger charge is 2.19. The normalized spacial score (nSPS) is 11.4. The molecule has 0 atom stereocenters. The molecule has 0 heterocycles. The third-order valence-electron chi connectivity index (χ3n) is 6.88. The fourth-order valence-corrected chi connectivity index (χ4v) is 5.05. The molecule has 1 aromatic carbocycles. The number of carbonyl (C=O) groups excluding carboxylic acids is 2. The molecule has 39 heavy (non-hydrogen) atoms. The summed E-state index contributed by atoms with van der Waals surface area (Å²) in [6.45, 7) is 2.39. The Labute approximate surface area is 237 Å². The van der Waals surface area contributed by atoms with Gasteiger partial charge in [-0.3, -0.25) is 4.55 Å². The van der Waals surface area contributed by atoms with Crippen molar-refractivity contribution in [3.63, 3.8) is 0 Å². The molecule has 0 aromatic heterocycles. The number of ether oxygens (including phenoxy) is 2. The highest BCUT2D eigenvalue weighted by molar-refractivity contribution is 7.85. The molecule has 8 heteroatoms. The van der Waals surface area contributed by atoms with E-state index in [9.17, 15) is 18.0 Å². The van der Waals surface area contributed by atoms with E-state index in [1.807, 2.05) is 0 Å². The highest BCUT2D eigenvalue weighted by atomic mass is 32.2. The highest BCUT2D eigenvalue weighted by Crippen LogP contribution is 2.15. The second kappa shape index (κ2) is 22.8. The third kappa shape index (κ3) is 19.7. The van der Waals surface area contributed by atoms with Crippen molar-refractivity contribution >= 4 is 22.1 Å². The van der Waals surface area contributed by atoms with E-state index in [-0.39, 0.29) is 24.2 Å². The van der Waals surface area contributed by atoms with Crippen molar-refractivity contribution in [2.24, 2.45) is 0 Å². The molecule has 224 valence electrons. The minimum atomic E-state index is -4.11. The molecule has 1 rings (SSSR count). The van der Waals surface area contributed by atoms with Gasteiger partial charge in [-0.25, -0.2) is 9.59 Å². The summed E-state index contributed by atoms with van der Waals surface area (Å²) in [6, 6.07) is 6.23. The molecule has 0 aliphatic heterocycles. The first-order chi connectivity index (χ1) is 18.8. The number of benzene rings is 1. The Morgan fingerprint density at radius 1 is 0.590 bits per heavy atom. The van der Waals surface area contributed by atoms with E-state index in [4.69, 9.17) is 14.0 Å². The quantitative estimate of drug-likeness (QED) is 0.0718. The molecule has 0 fully saturated rings. The molecule has 1 aromatic rings. The Balaban J connectivity index is 2.03. The summed E-state index contributed by atoms with van der Waals surface area (Å²) >= 11 is 0. The van der Waals surface area contributed by atoms with Crippen LogP contribution < -0.4 is 0 Å². The van der Waals surface area contributed by atoms with Crippen LogP contribution in [0.4, 0.5) is 0 Å². The first-order valence-electron chi connectivity index (χ1n) is 15.2. The summed E-state index contributed by atoms with van der Waals surface area (Å²) < 4.78 is 40.6. The van der Waals surface area contributed by atoms with E-state index in [0.29, 0.717) is 6.61 Å². The summed E-state index contributed by atoms with van der Waals surface area (Å²) in [5.41, 5.74) is 0.201. The number of carbonyl (C=O) groups is 2. The van der Waals surface area contributed by atoms with Crippen LogP contribution in [-0.4, -0.2) is 43.9 Å². The summed E-state index contributed by atoms with van der Waals surface area (Å²) in [5, 5.41) is 0. The van der Waals surface area contributed by atoms with Gasteiger partial charge in [-0.05, 0) is 25.0 Å². The minimum Gasteiger partial charge on any atom is -0.462 e. The van der Waals surface area contributed by atoms with Gasteiger partial charge in [-0.1, -0.05) is 128 Å². The molecule has 0 bridgehead atoms. The molecule has 0 spiro atoms. The van der Waals surface area contributed by atoms with E-state index in [1.54, 1.807) is 12.1 Å². The van der Waals surface area contributed by atoms with Crippen LogP contribution >= 0.6 is 0 Å². The predicted molar refractivity (Wildman–Crippen MR) is 157 cm³/mol. The lowest BCUT2D eigenvalue weighted by atomic mass is 10.0. The largest absolute Gasteiger partial charge is 0.462 e. The molecule has 0 aliphatic carbocycles. The summed E-state index contributed by atoms with van der Waals surface area (Å²) in [6.07, 6.45) is 23.3. The summed E-state index contributed by atoms with van der Waals surface area (Å²) in [5.74, 6) is -1.80. The van der Waals surface area contributed by atoms with Crippen molar-refractivity contribution in [3.8, 4) is 0 Å². The Kier molecular flexibility index (Phi) is 20.6. The molecule has 0 radical (unpaired) electrons. The van der Waals surface area contributed by atoms with Gasteiger partial charge in [0.15, 0.2) is 0 Å². The molecule has 1 N–H and O–H groups in total. The van der Waals surface area contributed by atoms with E-state index in [0.717, 1.165) is 19.3 Å². The Morgan fingerprint density at radius 2 is 0.923 bits per heavy atom. The predicted octanol–water partition coefficient (Wildman–Crippen LogP) is 8.32. The maximum absolute atomic E-state index is 12.5. The molecule has 0 unspecified atom stereocenters. The molecule has 0 saturated carbocycles. The molecular formula is C31H52O7S. The standard InChI is InChI=1S/C31H52O7S/c1-2-3-4-5-6-7-8-9-10-11-12-13-14-15-16-17-18-21-25-37-30(32)28-23-19-20-24-29(28)31(33)38-26-22-27-39(34,35)36/h19-20,23-24H,2-18,21-22,25-27H2,1H3,(H,34,35,36). The topological polar surface area (TPSA) is 107 Å². The SMILES string of the molecule is CCCCCCCCCCCCCCCCCCCCOC(=O)c1ccccc1C(=O)OCCCS(=O)(=O)O. The Morgan fingerprint density at radius 3 is 1.28 bits per heavy atom. The van der Waals surface area contributed by atoms with Gasteiger partial charge < -0.3 is 9.47 Å². The van der Waals surface area contributed by atoms with Crippen LogP contribution in [0.2, 0.25) is 0 Å². The number of hydrogen-bond donors (Lipinski definition) is 1. The van der Waals surface area contributed by atoms with Gasteiger partial charge in [-0.15, -0.1) is 0 Å². The first-order valence-corrected chi connectivity index (χ1v) is 16.8. The van der Waals surface area contributed by atoms with Crippen LogP contribution in [0.1, 0.15) is 150 Å². The fraction of sp³-hybridized carbons (Fsp3) is 0.742. The van der Waals surface area contributed by atoms with Gasteiger partial charge in [0.1, 0.15) is 0 Å². The van der Waals surface area contributed by atoms with Gasteiger partial charge in [0.05, 0.1) is 30.1 Å². The molecular weight excluding hydrogens is 516 g/mol. The second-order valence-corrected chi connectivity index (χ2v) is 12.0. The van der Waals surface area contributed by atoms with Gasteiger partial charge in [-0.2, -0.15) is 8.42 Å². The first kappa shape index (κ1) is 35.1. The van der Waals surface area contributed by atoms with Crippen molar-refractivity contribution in [3.05, 3.63) is 35.4 Å². The second-order valence-electron chi connectivity index (χ2n) is 10.5. The fourth-order valence-electron chi connectivity index (χ4n) is 4.57. The molecule has 0 aliphatic rings. The van der Waals surface area contributed by atoms with E-state index >= 15 is 0 Å². The maximum Gasteiger partial charge on any atom is 0.339 e. The van der Waals surface area contributed by atoms with Crippen molar-refractivity contribution in [2.45, 2.75) is 129 Å². The lowest BCUT2D eigenvalue weighted by Crippen LogP contribution is -2.16. The van der Waals surface area contributed by atoms with Gasteiger partial charge in [0, 0.05) is 0 Å². The Hall–Kier alpha value is -1.93. The summed E-state index contributed by atoms with van der Waals surface area (Å²) in [4.78, 5) is 24.8. The van der Waals surface area contributed by atoms with E-state index < -0.39 is 27.8 Å². The van der Waals surface area contributed by atoms with Gasteiger partial charge in [0.2, 0.25) is 0 Å². The van der Waals surface area contributed by atoms with E-state index in [1.165, 1.54) is 108 Å². The van der Waals surface area contributed by atoms with Gasteiger partial charge in [0.25, 0.3) is 10.1 Å². The smallest absolute Gasteiger partial charge is 0.339 e. The Bertz CT molecular complexity index is 883. The third-order valence-corrected chi connectivity index (χ3v) is 7.68. The monoisotopic (exact) mass is 568 g/mol. The maximum atomic E-state index is 12.5. The molecule has 0 saturated heterocycles. The number of rotatable bonds is 25. The summed E-state index contributed by atoms with van der Waals surface area (Å²) in [7, 11) is -4.11. The van der Waals surface area contributed by atoms with Crippen LogP contribution in [0.25, 0.3) is 0 Å². The zero-order valence-electron chi connectivity index (χ0n) is 24.2. The van der Waals surface area contributed by atoms with Crippen molar-refractivity contribution in [1.29, 1.82) is 0 Å². The zero-order valence-corrected chi connectivity index (χ0v) is 25.0. The van der Waals surface area contributed by atoms with Crippen LogP contribution in [-0.2, 0) is 19.6 Å². The zero-order chi connectivity index (χ0) is 28.6. The van der Waals surface area contributed by atoms with Crippen molar-refractivity contribution < 1.29 is 32.0 Å². The number of esters is 2. The lowest BCUT2D eigenvalue weighted by molar-refractivity contribution is 0.0454. The van der Waals surface area contributed by atoms with Crippen LogP contribution in [0.5, 0.6) is 0 Å². The van der Waals surface area contributed by atoms with Crippen LogP contribution in [0, 0.1) is 0 Å². The van der Waals surface area contributed by atoms with Gasteiger partial charge >= 0.3 is 11.9 Å². The van der Waals surface area contributed by atoms with Crippen molar-refractivity contribution in [1.82, 2.24) is 0 Å². The van der Waals surface area contributed by atoms with Crippen LogP contribution in [0.3, 0.4) is 0 Å².